The molecule has 264 valence electrons. The molecule has 0 aromatic rings. The molecule has 0 saturated carbocycles. The number of nitrogens with one attached hydrogen (secondary N) is 1. The van der Waals surface area contributed by atoms with E-state index in [9.17, 15) is 19.4 Å². The molecule has 0 radical (unpaired) electrons. The van der Waals surface area contributed by atoms with Gasteiger partial charge in [0.25, 0.3) is 7.82 Å². The van der Waals surface area contributed by atoms with Gasteiger partial charge in [0.2, 0.25) is 5.91 Å². The van der Waals surface area contributed by atoms with Crippen molar-refractivity contribution >= 4 is 13.7 Å². The second-order valence-corrected chi connectivity index (χ2v) is 15.4. The molecule has 44 heavy (non-hydrogen) atoms. The van der Waals surface area contributed by atoms with Crippen molar-refractivity contribution in [2.75, 3.05) is 40.9 Å². The van der Waals surface area contributed by atoms with Crippen LogP contribution in [0.3, 0.4) is 0 Å². The van der Waals surface area contributed by atoms with Crippen LogP contribution < -0.4 is 10.2 Å². The minimum atomic E-state index is -4.54. The predicted octanol–water partition coefficient (Wildman–Crippen LogP) is 8.44. The van der Waals surface area contributed by atoms with Crippen molar-refractivity contribution in [2.45, 2.75) is 180 Å². The molecule has 3 atom stereocenters. The first-order valence-corrected chi connectivity index (χ1v) is 19.8. The van der Waals surface area contributed by atoms with Gasteiger partial charge in [-0.3, -0.25) is 9.36 Å². The molecule has 3 unspecified atom stereocenters. The largest absolute Gasteiger partial charge is 0.756 e. The predicted molar refractivity (Wildman–Crippen MR) is 183 cm³/mol. The Hall–Kier alpha value is -0.500. The van der Waals surface area contributed by atoms with E-state index in [-0.39, 0.29) is 19.1 Å². The smallest absolute Gasteiger partial charge is 0.268 e. The Morgan fingerprint density at radius 3 is 1.55 bits per heavy atom. The number of quaternary nitrogens is 1. The normalized spacial score (nSPS) is 14.8. The average molecular weight is 649 g/mol. The summed E-state index contributed by atoms with van der Waals surface area (Å²) < 4.78 is 23.1. The maximum absolute atomic E-state index is 12.7. The van der Waals surface area contributed by atoms with E-state index in [2.05, 4.69) is 19.2 Å². The second-order valence-electron chi connectivity index (χ2n) is 13.9. The van der Waals surface area contributed by atoms with Gasteiger partial charge in [0.15, 0.2) is 0 Å². The van der Waals surface area contributed by atoms with Gasteiger partial charge in [-0.05, 0) is 12.8 Å². The number of aliphatic hydroxyl groups excluding tert-OH is 1. The van der Waals surface area contributed by atoms with Crippen LogP contribution in [0, 0.1) is 0 Å². The maximum atomic E-state index is 12.7. The number of likely N-dealkylation sites (N-methyl/N-ethyl adjacent to an activating group) is 1. The van der Waals surface area contributed by atoms with E-state index in [1.54, 1.807) is 0 Å². The van der Waals surface area contributed by atoms with Crippen molar-refractivity contribution in [1.29, 1.82) is 0 Å². The zero-order valence-electron chi connectivity index (χ0n) is 29.6. The SMILES string of the molecule is CCCCCCCCCCCCCCCC(=O)NC(COP(=O)([O-])OCC[N+](C)(C)C)C(O)CCCCCCCCCCC. The molecule has 0 aliphatic heterocycles. The number of hydrogen-bond donors (Lipinski definition) is 2. The number of nitrogens with zero attached hydrogens (tertiary/aromatic N) is 1. The number of carbonyl (C=O) groups excluding carboxylic acids is 1. The Labute approximate surface area is 272 Å². The topological polar surface area (TPSA) is 108 Å². The van der Waals surface area contributed by atoms with Crippen LogP contribution in [0.1, 0.15) is 168 Å². The van der Waals surface area contributed by atoms with Gasteiger partial charge < -0.3 is 28.8 Å². The summed E-state index contributed by atoms with van der Waals surface area (Å²) in [7, 11) is 1.31. The van der Waals surface area contributed by atoms with Crippen LogP contribution in [0.25, 0.3) is 0 Å². The van der Waals surface area contributed by atoms with Gasteiger partial charge in [-0.1, -0.05) is 149 Å². The van der Waals surface area contributed by atoms with Gasteiger partial charge in [0, 0.05) is 6.42 Å². The fraction of sp³-hybridized carbons (Fsp3) is 0.971. The fourth-order valence-electron chi connectivity index (χ4n) is 5.33. The summed E-state index contributed by atoms with van der Waals surface area (Å²) in [5.41, 5.74) is 0. The molecule has 0 aromatic heterocycles. The summed E-state index contributed by atoms with van der Waals surface area (Å²) in [6, 6.07) is -0.789. The first-order chi connectivity index (χ1) is 21.0. The number of unbranched alkanes of at least 4 members (excludes halogenated alkanes) is 20. The lowest BCUT2D eigenvalue weighted by Gasteiger charge is -2.30. The second kappa shape index (κ2) is 28.7. The molecule has 2 N–H and O–H groups in total. The third-order valence-corrected chi connectivity index (χ3v) is 9.31. The van der Waals surface area contributed by atoms with Crippen molar-refractivity contribution in [2.24, 2.45) is 0 Å². The van der Waals surface area contributed by atoms with Crippen molar-refractivity contribution in [3.63, 3.8) is 0 Å². The van der Waals surface area contributed by atoms with E-state index in [0.29, 0.717) is 23.9 Å². The molecule has 0 aromatic carbocycles. The van der Waals surface area contributed by atoms with Gasteiger partial charge in [0.05, 0.1) is 39.9 Å². The Kier molecular flexibility index (Phi) is 28.4. The van der Waals surface area contributed by atoms with E-state index < -0.39 is 20.0 Å². The molecule has 0 heterocycles. The Morgan fingerprint density at radius 2 is 1.11 bits per heavy atom. The molecule has 0 saturated heterocycles. The zero-order chi connectivity index (χ0) is 32.9. The molecule has 0 aliphatic rings. The minimum Gasteiger partial charge on any atom is -0.756 e. The van der Waals surface area contributed by atoms with Crippen molar-refractivity contribution in [1.82, 2.24) is 5.32 Å². The highest BCUT2D eigenvalue weighted by atomic mass is 31.2. The van der Waals surface area contributed by atoms with Crippen molar-refractivity contribution in [3.8, 4) is 0 Å². The van der Waals surface area contributed by atoms with Gasteiger partial charge >= 0.3 is 0 Å². The van der Waals surface area contributed by atoms with E-state index >= 15 is 0 Å². The van der Waals surface area contributed by atoms with Gasteiger partial charge in [0.1, 0.15) is 13.2 Å². The highest BCUT2D eigenvalue weighted by molar-refractivity contribution is 7.45. The lowest BCUT2D eigenvalue weighted by atomic mass is 10.0. The van der Waals surface area contributed by atoms with E-state index in [0.717, 1.165) is 38.5 Å². The quantitative estimate of drug-likeness (QED) is 0.0420. The van der Waals surface area contributed by atoms with Gasteiger partial charge in [-0.15, -0.1) is 0 Å². The monoisotopic (exact) mass is 649 g/mol. The third kappa shape index (κ3) is 30.2. The summed E-state index contributed by atoms with van der Waals surface area (Å²) in [4.78, 5) is 25.1. The molecule has 0 rings (SSSR count). The Balaban J connectivity index is 4.44. The molecule has 0 fully saturated rings. The number of carbonyl (C=O) groups is 1. The van der Waals surface area contributed by atoms with Crippen LogP contribution >= 0.6 is 7.82 Å². The summed E-state index contributed by atoms with van der Waals surface area (Å²) >= 11 is 0. The first kappa shape index (κ1) is 43.5. The van der Waals surface area contributed by atoms with E-state index in [1.807, 2.05) is 21.1 Å². The molecule has 1 amide bonds. The van der Waals surface area contributed by atoms with Crippen LogP contribution in [0.2, 0.25) is 0 Å². The van der Waals surface area contributed by atoms with Crippen LogP contribution in [0.15, 0.2) is 0 Å². The molecule has 0 aliphatic carbocycles. The average Bonchev–Trinajstić information content (AvgIpc) is 2.95. The molecular formula is C35H73N2O6P. The Bertz CT molecular complexity index is 703. The van der Waals surface area contributed by atoms with Crippen LogP contribution in [-0.2, 0) is 18.4 Å². The number of phosphoric acid groups is 1. The third-order valence-electron chi connectivity index (χ3n) is 8.35. The number of aliphatic hydroxyl groups is 1. The highest BCUT2D eigenvalue weighted by Gasteiger charge is 2.24. The van der Waals surface area contributed by atoms with E-state index in [1.165, 1.54) is 103 Å². The van der Waals surface area contributed by atoms with Crippen LogP contribution in [0.4, 0.5) is 0 Å². The number of rotatable bonds is 33. The maximum Gasteiger partial charge on any atom is 0.268 e. The number of phosphoric ester groups is 1. The molecule has 8 nitrogen and oxygen atoms in total. The standard InChI is InChI=1S/C35H73N2O6P/c1-6-8-10-12-14-16-17-18-19-21-23-25-27-29-35(39)36-33(32-43-44(40,41)42-31-30-37(3,4)5)34(38)28-26-24-22-20-15-13-11-9-7-2/h33-34,38H,6-32H2,1-5H3,(H-,36,39,40,41). The fourth-order valence-corrected chi connectivity index (χ4v) is 6.05. The molecular weight excluding hydrogens is 575 g/mol. The number of hydrogen-bond acceptors (Lipinski definition) is 6. The Morgan fingerprint density at radius 1 is 0.705 bits per heavy atom. The molecule has 0 bridgehead atoms. The van der Waals surface area contributed by atoms with Crippen LogP contribution in [0.5, 0.6) is 0 Å². The van der Waals surface area contributed by atoms with Crippen LogP contribution in [-0.4, -0.2) is 68.5 Å². The zero-order valence-corrected chi connectivity index (χ0v) is 30.5. The first-order valence-electron chi connectivity index (χ1n) is 18.4. The van der Waals surface area contributed by atoms with Crippen molar-refractivity contribution in [3.05, 3.63) is 0 Å². The van der Waals surface area contributed by atoms with Crippen molar-refractivity contribution < 1.29 is 32.9 Å². The molecule has 9 heteroatoms. The number of amides is 1. The summed E-state index contributed by atoms with van der Waals surface area (Å²) in [5, 5.41) is 13.8. The highest BCUT2D eigenvalue weighted by Crippen LogP contribution is 2.38. The minimum absolute atomic E-state index is 0.0152. The summed E-state index contributed by atoms with van der Waals surface area (Å²) in [5.74, 6) is -0.167. The lowest BCUT2D eigenvalue weighted by Crippen LogP contribution is -2.46. The summed E-state index contributed by atoms with van der Waals surface area (Å²) in [6.07, 6.45) is 26.7. The van der Waals surface area contributed by atoms with Gasteiger partial charge in [-0.25, -0.2) is 0 Å². The molecule has 0 spiro atoms. The summed E-state index contributed by atoms with van der Waals surface area (Å²) in [6.45, 7) is 4.68. The lowest BCUT2D eigenvalue weighted by molar-refractivity contribution is -0.870. The van der Waals surface area contributed by atoms with Gasteiger partial charge in [-0.2, -0.15) is 0 Å². The van der Waals surface area contributed by atoms with E-state index in [4.69, 9.17) is 9.05 Å².